The summed E-state index contributed by atoms with van der Waals surface area (Å²) in [6.07, 6.45) is -0.909. The Labute approximate surface area is 92.9 Å². The van der Waals surface area contributed by atoms with Gasteiger partial charge in [0.2, 0.25) is 0 Å². The van der Waals surface area contributed by atoms with Crippen molar-refractivity contribution in [3.63, 3.8) is 0 Å². The highest BCUT2D eigenvalue weighted by atomic mass is 19.4. The number of halogens is 3. The fourth-order valence-electron chi connectivity index (χ4n) is 2.16. The summed E-state index contributed by atoms with van der Waals surface area (Å²) in [5, 5.41) is 3.10. The van der Waals surface area contributed by atoms with E-state index in [-0.39, 0.29) is 13.2 Å². The minimum Gasteiger partial charge on any atom is -0.310 e. The van der Waals surface area contributed by atoms with Gasteiger partial charge in [0.05, 0.1) is 6.61 Å². The molecule has 1 N–H and O–H groups in total. The summed E-state index contributed by atoms with van der Waals surface area (Å²) in [4.78, 5) is 2.42. The van der Waals surface area contributed by atoms with Gasteiger partial charge in [0.15, 0.2) is 0 Å². The molecule has 1 saturated heterocycles. The van der Waals surface area contributed by atoms with Crippen LogP contribution >= 0.6 is 0 Å². The quantitative estimate of drug-likeness (QED) is 0.732. The molecule has 0 aromatic carbocycles. The van der Waals surface area contributed by atoms with Crippen molar-refractivity contribution in [2.75, 3.05) is 26.2 Å². The molecule has 0 aromatic rings. The van der Waals surface area contributed by atoms with Gasteiger partial charge in [-0.1, -0.05) is 0 Å². The molecule has 1 aliphatic carbocycles. The second kappa shape index (κ2) is 4.89. The summed E-state index contributed by atoms with van der Waals surface area (Å²) in [6.45, 7) is 2.01. The van der Waals surface area contributed by atoms with Gasteiger partial charge in [-0.05, 0) is 19.3 Å². The Morgan fingerprint density at radius 3 is 2.62 bits per heavy atom. The minimum atomic E-state index is -4.50. The monoisotopic (exact) mass is 238 g/mol. The topological polar surface area (TPSA) is 24.5 Å². The van der Waals surface area contributed by atoms with Crippen molar-refractivity contribution in [1.82, 2.24) is 10.2 Å². The maximum Gasteiger partial charge on any atom is 0.522 e. The van der Waals surface area contributed by atoms with Gasteiger partial charge in [-0.3, -0.25) is 9.64 Å². The second-order valence-electron chi connectivity index (χ2n) is 4.46. The van der Waals surface area contributed by atoms with Crippen LogP contribution in [0.3, 0.4) is 0 Å². The van der Waals surface area contributed by atoms with E-state index < -0.39 is 6.36 Å². The molecule has 2 fully saturated rings. The van der Waals surface area contributed by atoms with Gasteiger partial charge >= 0.3 is 6.36 Å². The Kier molecular flexibility index (Phi) is 3.71. The van der Waals surface area contributed by atoms with E-state index in [0.29, 0.717) is 6.04 Å². The molecular formula is C10H17F3N2O. The second-order valence-corrected chi connectivity index (χ2v) is 4.46. The Bertz CT molecular complexity index is 231. The normalized spacial score (nSPS) is 27.6. The van der Waals surface area contributed by atoms with Gasteiger partial charge in [-0.2, -0.15) is 0 Å². The van der Waals surface area contributed by atoms with Gasteiger partial charge in [0, 0.05) is 31.7 Å². The average Bonchev–Trinajstić information content (AvgIpc) is 2.93. The van der Waals surface area contributed by atoms with E-state index in [9.17, 15) is 13.2 Å². The molecule has 0 aromatic heterocycles. The molecular weight excluding hydrogens is 221 g/mol. The predicted molar refractivity (Wildman–Crippen MR) is 53.0 cm³/mol. The fourth-order valence-corrected chi connectivity index (χ4v) is 2.16. The highest BCUT2D eigenvalue weighted by Gasteiger charge is 2.34. The van der Waals surface area contributed by atoms with Gasteiger partial charge in [-0.25, -0.2) is 0 Å². The molecule has 0 bridgehead atoms. The summed E-state index contributed by atoms with van der Waals surface area (Å²) in [6, 6.07) is 1.08. The van der Waals surface area contributed by atoms with E-state index in [4.69, 9.17) is 0 Å². The molecule has 1 atom stereocenters. The van der Waals surface area contributed by atoms with Crippen molar-refractivity contribution in [2.45, 2.75) is 37.7 Å². The number of nitrogens with one attached hydrogen (secondary N) is 1. The smallest absolute Gasteiger partial charge is 0.310 e. The van der Waals surface area contributed by atoms with E-state index in [2.05, 4.69) is 15.0 Å². The highest BCUT2D eigenvalue weighted by Crippen LogP contribution is 2.29. The van der Waals surface area contributed by atoms with Crippen molar-refractivity contribution < 1.29 is 17.9 Å². The maximum atomic E-state index is 11.7. The summed E-state index contributed by atoms with van der Waals surface area (Å²) in [5.41, 5.74) is 0. The molecule has 0 amide bonds. The molecule has 2 rings (SSSR count). The van der Waals surface area contributed by atoms with Crippen molar-refractivity contribution in [1.29, 1.82) is 0 Å². The van der Waals surface area contributed by atoms with Crippen LogP contribution in [0.4, 0.5) is 13.2 Å². The molecule has 0 radical (unpaired) electrons. The number of rotatable bonds is 5. The lowest BCUT2D eigenvalue weighted by Crippen LogP contribution is -2.36. The third kappa shape index (κ3) is 3.92. The molecule has 1 saturated carbocycles. The van der Waals surface area contributed by atoms with Crippen LogP contribution < -0.4 is 5.32 Å². The molecule has 1 aliphatic heterocycles. The molecule has 2 aliphatic rings. The molecule has 3 nitrogen and oxygen atoms in total. The van der Waals surface area contributed by atoms with Crippen LogP contribution in [0.25, 0.3) is 0 Å². The summed E-state index contributed by atoms with van der Waals surface area (Å²) in [7, 11) is 0. The first kappa shape index (κ1) is 12.1. The van der Waals surface area contributed by atoms with Crippen LogP contribution in [0.1, 0.15) is 19.3 Å². The first-order valence-electron chi connectivity index (χ1n) is 5.73. The zero-order valence-electron chi connectivity index (χ0n) is 9.09. The summed E-state index contributed by atoms with van der Waals surface area (Å²) in [5.74, 6) is 0. The Morgan fingerprint density at radius 2 is 2.00 bits per heavy atom. The van der Waals surface area contributed by atoms with Crippen LogP contribution in [0.5, 0.6) is 0 Å². The van der Waals surface area contributed by atoms with Crippen LogP contribution in [-0.2, 0) is 4.74 Å². The van der Waals surface area contributed by atoms with Gasteiger partial charge in [0.1, 0.15) is 0 Å². The van der Waals surface area contributed by atoms with Gasteiger partial charge in [-0.15, -0.1) is 13.2 Å². The number of ether oxygens (including phenoxy) is 1. The van der Waals surface area contributed by atoms with Crippen molar-refractivity contribution in [2.24, 2.45) is 0 Å². The van der Waals surface area contributed by atoms with Gasteiger partial charge in [0.25, 0.3) is 0 Å². The Balaban J connectivity index is 1.54. The number of hydrogen-bond acceptors (Lipinski definition) is 3. The van der Waals surface area contributed by atoms with Crippen LogP contribution in [-0.4, -0.2) is 49.6 Å². The maximum absolute atomic E-state index is 11.7. The highest BCUT2D eigenvalue weighted by molar-refractivity contribution is 4.91. The standard InChI is InChI=1S/C10H17F3N2O/c11-10(12,13)16-6-4-14-8-3-5-15(7-8)9-1-2-9/h8-9,14H,1-7H2. The zero-order valence-corrected chi connectivity index (χ0v) is 9.09. The van der Waals surface area contributed by atoms with E-state index in [1.165, 1.54) is 12.8 Å². The Hall–Kier alpha value is -0.330. The summed E-state index contributed by atoms with van der Waals surface area (Å²) >= 11 is 0. The minimum absolute atomic E-state index is 0.267. The largest absolute Gasteiger partial charge is 0.522 e. The lowest BCUT2D eigenvalue weighted by Gasteiger charge is -2.16. The lowest BCUT2D eigenvalue weighted by molar-refractivity contribution is -0.323. The van der Waals surface area contributed by atoms with Crippen LogP contribution in [0.2, 0.25) is 0 Å². The molecule has 1 heterocycles. The van der Waals surface area contributed by atoms with E-state index >= 15 is 0 Å². The van der Waals surface area contributed by atoms with Crippen molar-refractivity contribution >= 4 is 0 Å². The zero-order chi connectivity index (χ0) is 11.6. The number of alkyl halides is 3. The molecule has 6 heteroatoms. The van der Waals surface area contributed by atoms with Crippen molar-refractivity contribution in [3.8, 4) is 0 Å². The van der Waals surface area contributed by atoms with E-state index in [0.717, 1.165) is 25.6 Å². The average molecular weight is 238 g/mol. The van der Waals surface area contributed by atoms with Crippen LogP contribution in [0, 0.1) is 0 Å². The first-order valence-corrected chi connectivity index (χ1v) is 5.73. The Morgan fingerprint density at radius 1 is 1.25 bits per heavy atom. The number of hydrogen-bond donors (Lipinski definition) is 1. The molecule has 1 unspecified atom stereocenters. The molecule has 0 spiro atoms. The predicted octanol–water partition coefficient (Wildman–Crippen LogP) is 1.35. The van der Waals surface area contributed by atoms with Gasteiger partial charge < -0.3 is 5.32 Å². The summed E-state index contributed by atoms with van der Waals surface area (Å²) < 4.78 is 38.7. The SMILES string of the molecule is FC(F)(F)OCCNC1CCN(C2CC2)C1. The lowest BCUT2D eigenvalue weighted by atomic mass is 10.3. The van der Waals surface area contributed by atoms with Crippen molar-refractivity contribution in [3.05, 3.63) is 0 Å². The van der Waals surface area contributed by atoms with E-state index in [1.54, 1.807) is 0 Å². The molecule has 94 valence electrons. The number of nitrogens with zero attached hydrogens (tertiary/aromatic N) is 1. The third-order valence-electron chi connectivity index (χ3n) is 3.08. The van der Waals surface area contributed by atoms with E-state index in [1.807, 2.05) is 0 Å². The molecule has 16 heavy (non-hydrogen) atoms. The van der Waals surface area contributed by atoms with Crippen LogP contribution in [0.15, 0.2) is 0 Å². The fraction of sp³-hybridized carbons (Fsp3) is 1.00. The first-order chi connectivity index (χ1) is 7.54. The third-order valence-corrected chi connectivity index (χ3v) is 3.08. The number of likely N-dealkylation sites (tertiary alicyclic amines) is 1.